The van der Waals surface area contributed by atoms with E-state index in [0.29, 0.717) is 11.7 Å². The molecule has 1 saturated carbocycles. The highest BCUT2D eigenvalue weighted by Gasteiger charge is 2.35. The Hall–Kier alpha value is -1.06. The van der Waals surface area contributed by atoms with Crippen LogP contribution in [0.15, 0.2) is 0 Å². The van der Waals surface area contributed by atoms with Crippen molar-refractivity contribution in [3.63, 3.8) is 0 Å². The van der Waals surface area contributed by atoms with Gasteiger partial charge in [0.25, 0.3) is 0 Å². The number of ketones is 1. The lowest BCUT2D eigenvalue weighted by molar-refractivity contribution is -0.128. The van der Waals surface area contributed by atoms with Gasteiger partial charge < -0.3 is 9.64 Å². The SMILES string of the molecule is CC1(C)CC[C@H](CC2CCN(C(=O)OC(C)(C)C)CC2)C(=O)C1. The Morgan fingerprint density at radius 2 is 1.83 bits per heavy atom. The van der Waals surface area contributed by atoms with Crippen LogP contribution < -0.4 is 0 Å². The van der Waals surface area contributed by atoms with Gasteiger partial charge in [-0.15, -0.1) is 0 Å². The summed E-state index contributed by atoms with van der Waals surface area (Å²) in [6.07, 6.45) is 5.72. The van der Waals surface area contributed by atoms with Crippen LogP contribution in [0, 0.1) is 17.3 Å². The minimum absolute atomic E-state index is 0.188. The molecule has 0 aromatic heterocycles. The fourth-order valence-corrected chi connectivity index (χ4v) is 3.76. The molecular formula is C19H33NO3. The normalized spacial score (nSPS) is 26.2. The van der Waals surface area contributed by atoms with Crippen molar-refractivity contribution in [2.45, 2.75) is 78.7 Å². The van der Waals surface area contributed by atoms with E-state index in [1.165, 1.54) is 0 Å². The lowest BCUT2D eigenvalue weighted by atomic mass is 9.69. The van der Waals surface area contributed by atoms with Gasteiger partial charge in [0.1, 0.15) is 11.4 Å². The molecule has 0 aromatic carbocycles. The third-order valence-electron chi connectivity index (χ3n) is 5.16. The van der Waals surface area contributed by atoms with E-state index < -0.39 is 5.60 Å². The van der Waals surface area contributed by atoms with Gasteiger partial charge >= 0.3 is 6.09 Å². The molecule has 0 radical (unpaired) electrons. The van der Waals surface area contributed by atoms with Crippen molar-refractivity contribution < 1.29 is 14.3 Å². The first-order valence-corrected chi connectivity index (χ1v) is 9.06. The van der Waals surface area contributed by atoms with E-state index in [-0.39, 0.29) is 17.4 Å². The van der Waals surface area contributed by atoms with Gasteiger partial charge in [-0.25, -0.2) is 4.79 Å². The van der Waals surface area contributed by atoms with E-state index in [4.69, 9.17) is 4.74 Å². The highest BCUT2D eigenvalue weighted by molar-refractivity contribution is 5.82. The van der Waals surface area contributed by atoms with Crippen LogP contribution in [0.4, 0.5) is 4.79 Å². The monoisotopic (exact) mass is 323 g/mol. The van der Waals surface area contributed by atoms with Crippen molar-refractivity contribution in [2.75, 3.05) is 13.1 Å². The molecule has 1 heterocycles. The van der Waals surface area contributed by atoms with Gasteiger partial charge in [-0.3, -0.25) is 4.79 Å². The number of hydrogen-bond donors (Lipinski definition) is 0. The van der Waals surface area contributed by atoms with E-state index in [1.807, 2.05) is 25.7 Å². The largest absolute Gasteiger partial charge is 0.444 e. The molecule has 4 heteroatoms. The average Bonchev–Trinajstić information content (AvgIpc) is 2.40. The number of hydrogen-bond acceptors (Lipinski definition) is 3. The zero-order valence-electron chi connectivity index (χ0n) is 15.5. The summed E-state index contributed by atoms with van der Waals surface area (Å²) in [5.41, 5.74) is -0.247. The van der Waals surface area contributed by atoms with Crippen molar-refractivity contribution in [1.29, 1.82) is 0 Å². The maximum Gasteiger partial charge on any atom is 0.410 e. The van der Waals surface area contributed by atoms with Gasteiger partial charge in [0.05, 0.1) is 0 Å². The molecule has 1 atom stereocenters. The third-order valence-corrected chi connectivity index (χ3v) is 5.16. The molecular weight excluding hydrogens is 290 g/mol. The summed E-state index contributed by atoms with van der Waals surface area (Å²) < 4.78 is 5.44. The minimum Gasteiger partial charge on any atom is -0.444 e. The molecule has 2 rings (SSSR count). The van der Waals surface area contributed by atoms with Crippen molar-refractivity contribution in [3.8, 4) is 0 Å². The standard InChI is InChI=1S/C19H33NO3/c1-18(2,3)23-17(22)20-10-7-14(8-11-20)12-15-6-9-19(4,5)13-16(15)21/h14-15H,6-13H2,1-5H3/t15-/m1/s1. The molecule has 0 aromatic rings. The Morgan fingerprint density at radius 3 is 2.35 bits per heavy atom. The van der Waals surface area contributed by atoms with E-state index in [1.54, 1.807) is 0 Å². The Labute approximate surface area is 140 Å². The molecule has 0 N–H and O–H groups in total. The van der Waals surface area contributed by atoms with Crippen molar-refractivity contribution >= 4 is 11.9 Å². The second kappa shape index (κ2) is 6.82. The molecule has 2 aliphatic rings. The van der Waals surface area contributed by atoms with Gasteiger partial charge in [0.2, 0.25) is 0 Å². The maximum atomic E-state index is 12.3. The summed E-state index contributed by atoms with van der Waals surface area (Å²) in [7, 11) is 0. The topological polar surface area (TPSA) is 46.6 Å². The maximum absolute atomic E-state index is 12.3. The number of nitrogens with zero attached hydrogens (tertiary/aromatic N) is 1. The lowest BCUT2D eigenvalue weighted by Crippen LogP contribution is -2.42. The molecule has 1 saturated heterocycles. The Kier molecular flexibility index (Phi) is 5.42. The second-order valence-corrected chi connectivity index (χ2v) is 9.19. The van der Waals surface area contributed by atoms with Crippen molar-refractivity contribution in [1.82, 2.24) is 4.90 Å². The van der Waals surface area contributed by atoms with E-state index >= 15 is 0 Å². The van der Waals surface area contributed by atoms with E-state index in [0.717, 1.165) is 51.6 Å². The fraction of sp³-hybridized carbons (Fsp3) is 0.895. The predicted octanol–water partition coefficient (Wildman–Crippen LogP) is 4.42. The molecule has 2 fully saturated rings. The summed E-state index contributed by atoms with van der Waals surface area (Å²) in [5.74, 6) is 1.28. The Balaban J connectivity index is 1.77. The van der Waals surface area contributed by atoms with Crippen LogP contribution in [0.5, 0.6) is 0 Å². The first-order chi connectivity index (χ1) is 10.6. The number of rotatable bonds is 2. The zero-order chi connectivity index (χ0) is 17.3. The number of piperidine rings is 1. The van der Waals surface area contributed by atoms with Crippen LogP contribution in [-0.2, 0) is 9.53 Å². The summed E-state index contributed by atoms with van der Waals surface area (Å²) in [5, 5.41) is 0. The molecule has 4 nitrogen and oxygen atoms in total. The molecule has 1 aliphatic carbocycles. The molecule has 132 valence electrons. The summed E-state index contributed by atoms with van der Waals surface area (Å²) >= 11 is 0. The number of amides is 1. The van der Waals surface area contributed by atoms with Gasteiger partial charge in [-0.2, -0.15) is 0 Å². The molecule has 23 heavy (non-hydrogen) atoms. The summed E-state index contributed by atoms with van der Waals surface area (Å²) in [6.45, 7) is 11.6. The summed E-state index contributed by atoms with van der Waals surface area (Å²) in [6, 6.07) is 0. The molecule has 0 unspecified atom stereocenters. The van der Waals surface area contributed by atoms with Gasteiger partial charge in [0.15, 0.2) is 0 Å². The van der Waals surface area contributed by atoms with Crippen LogP contribution >= 0.6 is 0 Å². The van der Waals surface area contributed by atoms with Crippen LogP contribution in [-0.4, -0.2) is 35.5 Å². The zero-order valence-corrected chi connectivity index (χ0v) is 15.5. The molecule has 1 amide bonds. The quantitative estimate of drug-likeness (QED) is 0.756. The van der Waals surface area contributed by atoms with Gasteiger partial charge in [-0.05, 0) is 64.2 Å². The first kappa shape index (κ1) is 18.3. The van der Waals surface area contributed by atoms with E-state index in [2.05, 4.69) is 13.8 Å². The van der Waals surface area contributed by atoms with E-state index in [9.17, 15) is 9.59 Å². The van der Waals surface area contributed by atoms with Crippen LogP contribution in [0.3, 0.4) is 0 Å². The predicted molar refractivity (Wildman–Crippen MR) is 91.3 cm³/mol. The number of carbonyl (C=O) groups excluding carboxylic acids is 2. The Morgan fingerprint density at radius 1 is 1.22 bits per heavy atom. The lowest BCUT2D eigenvalue weighted by Gasteiger charge is -2.37. The number of likely N-dealkylation sites (tertiary alicyclic amines) is 1. The third kappa shape index (κ3) is 5.50. The fourth-order valence-electron chi connectivity index (χ4n) is 3.76. The molecule has 1 aliphatic heterocycles. The van der Waals surface area contributed by atoms with Crippen LogP contribution in [0.2, 0.25) is 0 Å². The minimum atomic E-state index is -0.435. The van der Waals surface area contributed by atoms with Crippen LogP contribution in [0.1, 0.15) is 73.1 Å². The second-order valence-electron chi connectivity index (χ2n) is 9.19. The molecule has 0 spiro atoms. The number of carbonyl (C=O) groups is 2. The Bertz CT molecular complexity index is 442. The first-order valence-electron chi connectivity index (χ1n) is 9.06. The average molecular weight is 323 g/mol. The molecule has 0 bridgehead atoms. The smallest absolute Gasteiger partial charge is 0.410 e. The number of ether oxygens (including phenoxy) is 1. The van der Waals surface area contributed by atoms with Crippen molar-refractivity contribution in [3.05, 3.63) is 0 Å². The van der Waals surface area contributed by atoms with Gasteiger partial charge in [0, 0.05) is 25.4 Å². The van der Waals surface area contributed by atoms with Crippen molar-refractivity contribution in [2.24, 2.45) is 17.3 Å². The highest BCUT2D eigenvalue weighted by atomic mass is 16.6. The van der Waals surface area contributed by atoms with Gasteiger partial charge in [-0.1, -0.05) is 13.8 Å². The van der Waals surface area contributed by atoms with Crippen LogP contribution in [0.25, 0.3) is 0 Å². The summed E-state index contributed by atoms with van der Waals surface area (Å²) in [4.78, 5) is 26.2. The number of Topliss-reactive ketones (excluding diaryl/α,β-unsaturated/α-hetero) is 1. The highest BCUT2D eigenvalue weighted by Crippen LogP contribution is 2.39.